The Morgan fingerprint density at radius 1 is 1.47 bits per heavy atom. The predicted molar refractivity (Wildman–Crippen MR) is 79.4 cm³/mol. The number of halogens is 1. The topological polar surface area (TPSA) is 26.0 Å². The standard InChI is InChI=1S/C14H22BrNS/c1-2-3-10-4-5-13(16)11(8-10)9-14-12(15)6-7-17-14/h6-7,10-11,13H,2-5,8-9,16H2,1H3. The van der Waals surface area contributed by atoms with Crippen LogP contribution in [0.5, 0.6) is 0 Å². The third-order valence-electron chi connectivity index (χ3n) is 3.99. The smallest absolute Gasteiger partial charge is 0.0314 e. The molecule has 0 bridgehead atoms. The van der Waals surface area contributed by atoms with Crippen molar-refractivity contribution in [2.75, 3.05) is 0 Å². The average molecular weight is 316 g/mol. The van der Waals surface area contributed by atoms with Gasteiger partial charge in [0.25, 0.3) is 0 Å². The van der Waals surface area contributed by atoms with Gasteiger partial charge in [0.2, 0.25) is 0 Å². The van der Waals surface area contributed by atoms with Crippen LogP contribution in [0, 0.1) is 11.8 Å². The van der Waals surface area contributed by atoms with Crippen LogP contribution in [-0.2, 0) is 6.42 Å². The highest BCUT2D eigenvalue weighted by Gasteiger charge is 2.28. The van der Waals surface area contributed by atoms with E-state index in [1.165, 1.54) is 47.9 Å². The summed E-state index contributed by atoms with van der Waals surface area (Å²) in [6.07, 6.45) is 7.76. The first-order valence-corrected chi connectivity index (χ1v) is 8.35. The normalized spacial score (nSPS) is 29.5. The van der Waals surface area contributed by atoms with Gasteiger partial charge in [0.1, 0.15) is 0 Å². The van der Waals surface area contributed by atoms with Crippen LogP contribution in [0.15, 0.2) is 15.9 Å². The third-order valence-corrected chi connectivity index (χ3v) is 5.93. The monoisotopic (exact) mass is 315 g/mol. The summed E-state index contributed by atoms with van der Waals surface area (Å²) in [5, 5.41) is 2.16. The second kappa shape index (κ2) is 6.35. The number of rotatable bonds is 4. The van der Waals surface area contributed by atoms with Gasteiger partial charge in [0.05, 0.1) is 0 Å². The van der Waals surface area contributed by atoms with Gasteiger partial charge in [0.15, 0.2) is 0 Å². The van der Waals surface area contributed by atoms with Crippen LogP contribution in [0.2, 0.25) is 0 Å². The number of thiophene rings is 1. The summed E-state index contributed by atoms with van der Waals surface area (Å²) in [5.41, 5.74) is 6.29. The van der Waals surface area contributed by atoms with Crippen LogP contribution in [0.1, 0.15) is 43.9 Å². The molecule has 2 N–H and O–H groups in total. The molecule has 17 heavy (non-hydrogen) atoms. The van der Waals surface area contributed by atoms with E-state index >= 15 is 0 Å². The van der Waals surface area contributed by atoms with E-state index in [0.717, 1.165) is 5.92 Å². The molecule has 1 fully saturated rings. The van der Waals surface area contributed by atoms with Crippen molar-refractivity contribution < 1.29 is 0 Å². The van der Waals surface area contributed by atoms with Gasteiger partial charge < -0.3 is 5.73 Å². The molecule has 1 aliphatic carbocycles. The third kappa shape index (κ3) is 3.55. The van der Waals surface area contributed by atoms with E-state index in [-0.39, 0.29) is 0 Å². The molecule has 0 spiro atoms. The summed E-state index contributed by atoms with van der Waals surface area (Å²) in [6.45, 7) is 2.29. The lowest BCUT2D eigenvalue weighted by Gasteiger charge is -2.34. The molecule has 2 rings (SSSR count). The minimum absolute atomic E-state index is 0.414. The van der Waals surface area contributed by atoms with Gasteiger partial charge in [-0.15, -0.1) is 11.3 Å². The highest BCUT2D eigenvalue weighted by molar-refractivity contribution is 9.10. The second-order valence-electron chi connectivity index (χ2n) is 5.29. The van der Waals surface area contributed by atoms with Crippen LogP contribution in [-0.4, -0.2) is 6.04 Å². The Kier molecular flexibility index (Phi) is 5.07. The maximum Gasteiger partial charge on any atom is 0.0314 e. The maximum atomic E-state index is 6.29. The molecular weight excluding hydrogens is 294 g/mol. The fourth-order valence-corrected chi connectivity index (χ4v) is 4.61. The molecule has 0 radical (unpaired) electrons. The highest BCUT2D eigenvalue weighted by Crippen LogP contribution is 2.35. The Morgan fingerprint density at radius 2 is 2.29 bits per heavy atom. The quantitative estimate of drug-likeness (QED) is 0.863. The Bertz CT molecular complexity index is 350. The summed E-state index contributed by atoms with van der Waals surface area (Å²) in [4.78, 5) is 1.47. The molecule has 0 saturated heterocycles. The lowest BCUT2D eigenvalue weighted by molar-refractivity contribution is 0.222. The molecule has 0 aromatic carbocycles. The van der Waals surface area contributed by atoms with Crippen molar-refractivity contribution in [3.05, 3.63) is 20.8 Å². The average Bonchev–Trinajstić information content (AvgIpc) is 2.70. The van der Waals surface area contributed by atoms with Crippen molar-refractivity contribution in [1.29, 1.82) is 0 Å². The molecule has 1 aromatic rings. The lowest BCUT2D eigenvalue weighted by Crippen LogP contribution is -2.37. The zero-order valence-corrected chi connectivity index (χ0v) is 12.9. The first kappa shape index (κ1) is 13.6. The van der Waals surface area contributed by atoms with E-state index in [4.69, 9.17) is 5.73 Å². The second-order valence-corrected chi connectivity index (χ2v) is 7.14. The van der Waals surface area contributed by atoms with Gasteiger partial charge in [0, 0.05) is 15.4 Å². The summed E-state index contributed by atoms with van der Waals surface area (Å²) in [6, 6.07) is 2.56. The van der Waals surface area contributed by atoms with Crippen LogP contribution in [0.25, 0.3) is 0 Å². The number of nitrogens with two attached hydrogens (primary N) is 1. The fourth-order valence-electron chi connectivity index (χ4n) is 3.00. The predicted octanol–water partition coefficient (Wildman–Crippen LogP) is 4.60. The summed E-state index contributed by atoms with van der Waals surface area (Å²) >= 11 is 5.49. The lowest BCUT2D eigenvalue weighted by atomic mass is 9.75. The molecule has 3 heteroatoms. The van der Waals surface area contributed by atoms with Crippen LogP contribution in [0.3, 0.4) is 0 Å². The van der Waals surface area contributed by atoms with Gasteiger partial charge in [-0.3, -0.25) is 0 Å². The largest absolute Gasteiger partial charge is 0.327 e. The van der Waals surface area contributed by atoms with E-state index in [0.29, 0.717) is 12.0 Å². The van der Waals surface area contributed by atoms with Crippen molar-refractivity contribution >= 4 is 27.3 Å². The van der Waals surface area contributed by atoms with Gasteiger partial charge in [-0.25, -0.2) is 0 Å². The summed E-state index contributed by atoms with van der Waals surface area (Å²) in [7, 11) is 0. The molecule has 1 aromatic heterocycles. The molecule has 1 aliphatic rings. The molecular formula is C14H22BrNS. The first-order valence-electron chi connectivity index (χ1n) is 6.68. The first-order chi connectivity index (χ1) is 8.20. The molecule has 1 nitrogen and oxygen atoms in total. The summed E-state index contributed by atoms with van der Waals surface area (Å²) < 4.78 is 1.27. The zero-order valence-electron chi connectivity index (χ0n) is 10.5. The Balaban J connectivity index is 1.96. The van der Waals surface area contributed by atoms with E-state index in [1.54, 1.807) is 0 Å². The molecule has 1 saturated carbocycles. The maximum absolute atomic E-state index is 6.29. The van der Waals surface area contributed by atoms with Crippen LogP contribution >= 0.6 is 27.3 Å². The van der Waals surface area contributed by atoms with E-state index in [1.807, 2.05) is 11.3 Å². The van der Waals surface area contributed by atoms with Crippen molar-refractivity contribution in [3.63, 3.8) is 0 Å². The minimum Gasteiger partial charge on any atom is -0.327 e. The molecule has 0 aliphatic heterocycles. The van der Waals surface area contributed by atoms with Crippen LogP contribution in [0.4, 0.5) is 0 Å². The van der Waals surface area contributed by atoms with Crippen molar-refractivity contribution in [2.45, 2.75) is 51.5 Å². The SMILES string of the molecule is CCCC1CCC(N)C(Cc2sccc2Br)C1. The Hall–Kier alpha value is 0.140. The summed E-state index contributed by atoms with van der Waals surface area (Å²) in [5.74, 6) is 1.61. The zero-order chi connectivity index (χ0) is 12.3. The van der Waals surface area contributed by atoms with E-state index in [9.17, 15) is 0 Å². The molecule has 3 unspecified atom stereocenters. The molecule has 0 amide bonds. The fraction of sp³-hybridized carbons (Fsp3) is 0.714. The van der Waals surface area contributed by atoms with Crippen molar-refractivity contribution in [1.82, 2.24) is 0 Å². The minimum atomic E-state index is 0.414. The van der Waals surface area contributed by atoms with Gasteiger partial charge in [-0.05, 0) is 64.9 Å². The number of hydrogen-bond acceptors (Lipinski definition) is 2. The van der Waals surface area contributed by atoms with Crippen LogP contribution < -0.4 is 5.73 Å². The highest BCUT2D eigenvalue weighted by atomic mass is 79.9. The van der Waals surface area contributed by atoms with E-state index < -0.39 is 0 Å². The van der Waals surface area contributed by atoms with E-state index in [2.05, 4.69) is 34.3 Å². The van der Waals surface area contributed by atoms with Gasteiger partial charge in [-0.2, -0.15) is 0 Å². The van der Waals surface area contributed by atoms with Crippen molar-refractivity contribution in [2.24, 2.45) is 17.6 Å². The number of hydrogen-bond donors (Lipinski definition) is 1. The van der Waals surface area contributed by atoms with Crippen molar-refractivity contribution in [3.8, 4) is 0 Å². The van der Waals surface area contributed by atoms with Gasteiger partial charge in [-0.1, -0.05) is 19.8 Å². The molecule has 3 atom stereocenters. The Labute approximate surface area is 117 Å². The molecule has 1 heterocycles. The Morgan fingerprint density at radius 3 is 2.94 bits per heavy atom. The van der Waals surface area contributed by atoms with Gasteiger partial charge >= 0.3 is 0 Å². The molecule has 96 valence electrons.